The average Bonchev–Trinajstić information content (AvgIpc) is 3.03. The van der Waals surface area contributed by atoms with E-state index in [1.807, 2.05) is 0 Å². The van der Waals surface area contributed by atoms with Crippen molar-refractivity contribution in [2.75, 3.05) is 0 Å². The third-order valence-corrected chi connectivity index (χ3v) is 6.59. The standard InChI is InChI=1S/C21H22F2N2O/c22-16-1-2-17(18(23)7-16)15-6-19(24-11-15)20(26)25-21-8-12-3-13(9-21)5-14(4-12)10-21/h1-2,6-7,11-14,24H,3-5,8-10H2,(H,25,26). The summed E-state index contributed by atoms with van der Waals surface area (Å²) < 4.78 is 27.1. The molecular formula is C21H22F2N2O. The highest BCUT2D eigenvalue weighted by Crippen LogP contribution is 2.55. The SMILES string of the molecule is O=C(NC12CC3CC(CC(C3)C1)C2)c1cc(-c2ccc(F)cc2F)c[nH]1. The zero-order chi connectivity index (χ0) is 17.9. The van der Waals surface area contributed by atoms with Crippen LogP contribution in [0.5, 0.6) is 0 Å². The van der Waals surface area contributed by atoms with E-state index in [1.54, 1.807) is 12.3 Å². The minimum atomic E-state index is -0.628. The van der Waals surface area contributed by atoms with E-state index < -0.39 is 11.6 Å². The summed E-state index contributed by atoms with van der Waals surface area (Å²) >= 11 is 0. The molecule has 0 aliphatic heterocycles. The topological polar surface area (TPSA) is 44.9 Å². The van der Waals surface area contributed by atoms with Crippen LogP contribution in [0.25, 0.3) is 11.1 Å². The number of hydrogen-bond acceptors (Lipinski definition) is 1. The van der Waals surface area contributed by atoms with E-state index in [2.05, 4.69) is 10.3 Å². The smallest absolute Gasteiger partial charge is 0.268 e. The van der Waals surface area contributed by atoms with Crippen LogP contribution in [0.4, 0.5) is 8.78 Å². The molecule has 0 saturated heterocycles. The Morgan fingerprint density at radius 3 is 2.31 bits per heavy atom. The molecule has 3 nitrogen and oxygen atoms in total. The van der Waals surface area contributed by atoms with Crippen LogP contribution in [-0.4, -0.2) is 16.4 Å². The molecule has 0 atom stereocenters. The number of hydrogen-bond donors (Lipinski definition) is 2. The average molecular weight is 356 g/mol. The van der Waals surface area contributed by atoms with Crippen LogP contribution in [-0.2, 0) is 0 Å². The van der Waals surface area contributed by atoms with Crippen LogP contribution in [0.1, 0.15) is 49.0 Å². The van der Waals surface area contributed by atoms with Gasteiger partial charge in [-0.05, 0) is 74.5 Å². The largest absolute Gasteiger partial charge is 0.357 e. The maximum absolute atomic E-state index is 14.0. The molecule has 136 valence electrons. The minimum absolute atomic E-state index is 0.0573. The van der Waals surface area contributed by atoms with Gasteiger partial charge in [0, 0.05) is 28.9 Å². The van der Waals surface area contributed by atoms with Crippen LogP contribution >= 0.6 is 0 Å². The van der Waals surface area contributed by atoms with Gasteiger partial charge in [0.05, 0.1) is 0 Å². The van der Waals surface area contributed by atoms with Crippen molar-refractivity contribution in [1.29, 1.82) is 0 Å². The van der Waals surface area contributed by atoms with Gasteiger partial charge in [-0.15, -0.1) is 0 Å². The lowest BCUT2D eigenvalue weighted by Crippen LogP contribution is -2.59. The predicted molar refractivity (Wildman–Crippen MR) is 94.5 cm³/mol. The number of carbonyl (C=O) groups excluding carboxylic acids is 1. The molecule has 4 saturated carbocycles. The Morgan fingerprint density at radius 1 is 1.04 bits per heavy atom. The van der Waals surface area contributed by atoms with Crippen molar-refractivity contribution in [2.45, 2.75) is 44.1 Å². The lowest BCUT2D eigenvalue weighted by atomic mass is 9.53. The number of rotatable bonds is 3. The molecule has 0 spiro atoms. The van der Waals surface area contributed by atoms with Gasteiger partial charge in [-0.1, -0.05) is 0 Å². The molecule has 1 aromatic carbocycles. The molecule has 4 aliphatic rings. The van der Waals surface area contributed by atoms with Gasteiger partial charge in [-0.2, -0.15) is 0 Å². The Hall–Kier alpha value is -2.17. The van der Waals surface area contributed by atoms with E-state index >= 15 is 0 Å². The van der Waals surface area contributed by atoms with E-state index in [0.29, 0.717) is 11.3 Å². The van der Waals surface area contributed by atoms with Crippen molar-refractivity contribution in [2.24, 2.45) is 17.8 Å². The molecular weight excluding hydrogens is 334 g/mol. The number of carbonyl (C=O) groups is 1. The maximum Gasteiger partial charge on any atom is 0.268 e. The van der Waals surface area contributed by atoms with E-state index in [1.165, 1.54) is 31.4 Å². The zero-order valence-corrected chi connectivity index (χ0v) is 14.5. The molecule has 0 radical (unpaired) electrons. The Balaban J connectivity index is 1.36. The Kier molecular flexibility index (Phi) is 3.49. The lowest BCUT2D eigenvalue weighted by Gasteiger charge is -2.56. The van der Waals surface area contributed by atoms with Gasteiger partial charge >= 0.3 is 0 Å². The number of benzene rings is 1. The molecule has 1 aromatic heterocycles. The number of halogens is 2. The molecule has 6 rings (SSSR count). The molecule has 2 aromatic rings. The second-order valence-electron chi connectivity index (χ2n) is 8.58. The Morgan fingerprint density at radius 2 is 1.69 bits per heavy atom. The molecule has 5 heteroatoms. The molecule has 1 amide bonds. The van der Waals surface area contributed by atoms with Crippen molar-refractivity contribution in [1.82, 2.24) is 10.3 Å². The lowest BCUT2D eigenvalue weighted by molar-refractivity contribution is -0.0167. The van der Waals surface area contributed by atoms with Crippen molar-refractivity contribution < 1.29 is 13.6 Å². The number of aromatic amines is 1. The molecule has 4 fully saturated rings. The number of amides is 1. The number of aromatic nitrogens is 1. The van der Waals surface area contributed by atoms with E-state index in [0.717, 1.165) is 43.1 Å². The van der Waals surface area contributed by atoms with Crippen LogP contribution < -0.4 is 5.32 Å². The van der Waals surface area contributed by atoms with Crippen molar-refractivity contribution in [3.8, 4) is 11.1 Å². The van der Waals surface area contributed by atoms with Gasteiger partial charge in [-0.3, -0.25) is 4.79 Å². The maximum atomic E-state index is 14.0. The Bertz CT molecular complexity index is 837. The fraction of sp³-hybridized carbons (Fsp3) is 0.476. The summed E-state index contributed by atoms with van der Waals surface area (Å²) in [6.07, 6.45) is 8.84. The summed E-state index contributed by atoms with van der Waals surface area (Å²) in [4.78, 5) is 15.8. The Labute approximate surface area is 151 Å². The van der Waals surface area contributed by atoms with E-state index in [9.17, 15) is 13.6 Å². The molecule has 4 bridgehead atoms. The van der Waals surface area contributed by atoms with Gasteiger partial charge in [0.15, 0.2) is 0 Å². The highest BCUT2D eigenvalue weighted by atomic mass is 19.1. The molecule has 4 aliphatic carbocycles. The first-order valence-electron chi connectivity index (χ1n) is 9.46. The molecule has 0 unspecified atom stereocenters. The molecule has 2 N–H and O–H groups in total. The third kappa shape index (κ3) is 2.65. The van der Waals surface area contributed by atoms with E-state index in [-0.39, 0.29) is 17.0 Å². The van der Waals surface area contributed by atoms with Crippen LogP contribution in [0.2, 0.25) is 0 Å². The summed E-state index contributed by atoms with van der Waals surface area (Å²) in [6.45, 7) is 0. The van der Waals surface area contributed by atoms with Crippen LogP contribution in [0.3, 0.4) is 0 Å². The van der Waals surface area contributed by atoms with Gasteiger partial charge in [0.1, 0.15) is 17.3 Å². The third-order valence-electron chi connectivity index (χ3n) is 6.59. The van der Waals surface area contributed by atoms with Crippen molar-refractivity contribution in [3.63, 3.8) is 0 Å². The first-order valence-corrected chi connectivity index (χ1v) is 9.46. The molecule has 26 heavy (non-hydrogen) atoms. The van der Waals surface area contributed by atoms with E-state index in [4.69, 9.17) is 0 Å². The highest BCUT2D eigenvalue weighted by Gasteiger charge is 2.51. The van der Waals surface area contributed by atoms with Crippen LogP contribution in [0, 0.1) is 29.4 Å². The fourth-order valence-electron chi connectivity index (χ4n) is 5.98. The highest BCUT2D eigenvalue weighted by molar-refractivity contribution is 5.94. The predicted octanol–water partition coefficient (Wildman–Crippen LogP) is 4.66. The molecule has 1 heterocycles. The van der Waals surface area contributed by atoms with Gasteiger partial charge in [0.25, 0.3) is 5.91 Å². The summed E-state index contributed by atoms with van der Waals surface area (Å²) in [6, 6.07) is 5.12. The van der Waals surface area contributed by atoms with Crippen LogP contribution in [0.15, 0.2) is 30.5 Å². The second-order valence-corrected chi connectivity index (χ2v) is 8.58. The second kappa shape index (κ2) is 5.66. The minimum Gasteiger partial charge on any atom is -0.357 e. The normalized spacial score (nSPS) is 32.0. The summed E-state index contributed by atoms with van der Waals surface area (Å²) in [5, 5.41) is 3.31. The number of H-pyrrole nitrogens is 1. The monoisotopic (exact) mass is 356 g/mol. The quantitative estimate of drug-likeness (QED) is 0.825. The fourth-order valence-corrected chi connectivity index (χ4v) is 5.98. The van der Waals surface area contributed by atoms with Gasteiger partial charge in [0.2, 0.25) is 0 Å². The summed E-state index contributed by atoms with van der Waals surface area (Å²) in [5.74, 6) is 0.913. The summed E-state index contributed by atoms with van der Waals surface area (Å²) in [5.41, 5.74) is 1.22. The number of nitrogens with one attached hydrogen (secondary N) is 2. The van der Waals surface area contributed by atoms with Gasteiger partial charge in [-0.25, -0.2) is 8.78 Å². The zero-order valence-electron chi connectivity index (χ0n) is 14.5. The first-order chi connectivity index (χ1) is 12.5. The first kappa shape index (κ1) is 16.0. The summed E-state index contributed by atoms with van der Waals surface area (Å²) in [7, 11) is 0. The van der Waals surface area contributed by atoms with Crippen molar-refractivity contribution in [3.05, 3.63) is 47.8 Å². The van der Waals surface area contributed by atoms with Gasteiger partial charge < -0.3 is 10.3 Å². The van der Waals surface area contributed by atoms with Crippen molar-refractivity contribution >= 4 is 5.91 Å².